The number of rotatable bonds is 6. The van der Waals surface area contributed by atoms with Gasteiger partial charge in [0.15, 0.2) is 0 Å². The molecule has 0 bridgehead atoms. The van der Waals surface area contributed by atoms with Crippen molar-refractivity contribution in [3.63, 3.8) is 0 Å². The van der Waals surface area contributed by atoms with Gasteiger partial charge in [0.05, 0.1) is 5.03 Å². The number of hydrogen-bond acceptors (Lipinski definition) is 4. The molecule has 0 atom stereocenters. The lowest BCUT2D eigenvalue weighted by Gasteiger charge is -2.05. The molecule has 1 aromatic heterocycles. The maximum Gasteiger partial charge on any atom is 0.251 e. The third-order valence-electron chi connectivity index (χ3n) is 1.91. The van der Waals surface area contributed by atoms with Gasteiger partial charge >= 0.3 is 0 Å². The molecule has 0 aliphatic carbocycles. The second-order valence-corrected chi connectivity index (χ2v) is 4.43. The summed E-state index contributed by atoms with van der Waals surface area (Å²) in [4.78, 5) is 15.8. The normalized spacial score (nSPS) is 10.1. The zero-order valence-electron chi connectivity index (χ0n) is 9.27. The van der Waals surface area contributed by atoms with Crippen LogP contribution in [0.5, 0.6) is 0 Å². The Kier molecular flexibility index (Phi) is 5.88. The Hall–Kier alpha value is -1.07. The molecule has 0 aromatic carbocycles. The summed E-state index contributed by atoms with van der Waals surface area (Å²) in [6.07, 6.45) is 2.21. The summed E-state index contributed by atoms with van der Waals surface area (Å²) in [5.74, 6) is 0.816. The van der Waals surface area contributed by atoms with Crippen LogP contribution in [0.1, 0.15) is 23.7 Å². The van der Waals surface area contributed by atoms with Gasteiger partial charge in [-0.25, -0.2) is 4.98 Å². The third kappa shape index (κ3) is 4.20. The highest BCUT2D eigenvalue weighted by Crippen LogP contribution is 2.15. The molecule has 0 saturated carbocycles. The number of hydrogen-bond donors (Lipinski definition) is 2. The molecule has 0 aliphatic heterocycles. The van der Waals surface area contributed by atoms with Gasteiger partial charge in [-0.3, -0.25) is 4.79 Å². The van der Waals surface area contributed by atoms with Crippen molar-refractivity contribution in [2.45, 2.75) is 18.4 Å². The zero-order valence-corrected chi connectivity index (χ0v) is 10.1. The number of carbonyl (C=O) groups excluding carboxylic acids is 1. The SMILES string of the molecule is CCSc1cc(C(=O)NCCCO)ccn1. The van der Waals surface area contributed by atoms with E-state index in [0.29, 0.717) is 18.5 Å². The molecule has 1 heterocycles. The van der Waals surface area contributed by atoms with E-state index in [0.717, 1.165) is 10.8 Å². The molecule has 5 heteroatoms. The van der Waals surface area contributed by atoms with Crippen molar-refractivity contribution in [1.82, 2.24) is 10.3 Å². The quantitative estimate of drug-likeness (QED) is 0.581. The summed E-state index contributed by atoms with van der Waals surface area (Å²) in [6, 6.07) is 3.47. The Labute approximate surface area is 99.5 Å². The minimum Gasteiger partial charge on any atom is -0.396 e. The lowest BCUT2D eigenvalue weighted by Crippen LogP contribution is -2.25. The summed E-state index contributed by atoms with van der Waals surface area (Å²) in [5, 5.41) is 12.2. The number of amides is 1. The molecule has 0 aliphatic rings. The Balaban J connectivity index is 2.57. The van der Waals surface area contributed by atoms with Crippen molar-refractivity contribution in [3.05, 3.63) is 23.9 Å². The van der Waals surface area contributed by atoms with Crippen LogP contribution in [-0.2, 0) is 0 Å². The van der Waals surface area contributed by atoms with Crippen molar-refractivity contribution in [2.75, 3.05) is 18.9 Å². The average molecular weight is 240 g/mol. The topological polar surface area (TPSA) is 62.2 Å². The molecule has 16 heavy (non-hydrogen) atoms. The number of aliphatic hydroxyl groups excluding tert-OH is 1. The molecule has 4 nitrogen and oxygen atoms in total. The fraction of sp³-hybridized carbons (Fsp3) is 0.455. The van der Waals surface area contributed by atoms with Gasteiger partial charge in [-0.15, -0.1) is 11.8 Å². The van der Waals surface area contributed by atoms with Crippen molar-refractivity contribution in [1.29, 1.82) is 0 Å². The number of carbonyl (C=O) groups is 1. The molecular formula is C11H16N2O2S. The molecule has 88 valence electrons. The first-order chi connectivity index (χ1) is 7.77. The Bertz CT molecular complexity index is 345. The number of nitrogens with zero attached hydrogens (tertiary/aromatic N) is 1. The van der Waals surface area contributed by atoms with Gasteiger partial charge in [0.2, 0.25) is 0 Å². The van der Waals surface area contributed by atoms with Crippen LogP contribution in [0.2, 0.25) is 0 Å². The maximum atomic E-state index is 11.6. The lowest BCUT2D eigenvalue weighted by molar-refractivity contribution is 0.0951. The first-order valence-electron chi connectivity index (χ1n) is 5.25. The zero-order chi connectivity index (χ0) is 11.8. The molecule has 1 rings (SSSR count). The molecule has 2 N–H and O–H groups in total. The predicted octanol–water partition coefficient (Wildman–Crippen LogP) is 1.31. The molecule has 0 spiro atoms. The summed E-state index contributed by atoms with van der Waals surface area (Å²) in [6.45, 7) is 2.63. The van der Waals surface area contributed by atoms with Crippen molar-refractivity contribution in [2.24, 2.45) is 0 Å². The minimum absolute atomic E-state index is 0.0908. The highest BCUT2D eigenvalue weighted by atomic mass is 32.2. The van der Waals surface area contributed by atoms with Crippen LogP contribution in [-0.4, -0.2) is 34.9 Å². The van der Waals surface area contributed by atoms with Crippen molar-refractivity contribution in [3.8, 4) is 0 Å². The maximum absolute atomic E-state index is 11.6. The summed E-state index contributed by atoms with van der Waals surface area (Å²) >= 11 is 1.60. The first kappa shape index (κ1) is 13.0. The fourth-order valence-corrected chi connectivity index (χ4v) is 1.80. The molecule has 0 unspecified atom stereocenters. The molecule has 1 amide bonds. The monoisotopic (exact) mass is 240 g/mol. The van der Waals surface area contributed by atoms with Gasteiger partial charge in [-0.1, -0.05) is 6.92 Å². The van der Waals surface area contributed by atoms with E-state index in [9.17, 15) is 4.79 Å². The van der Waals surface area contributed by atoms with Crippen LogP contribution in [0.25, 0.3) is 0 Å². The number of pyridine rings is 1. The number of nitrogens with one attached hydrogen (secondary N) is 1. The highest BCUT2D eigenvalue weighted by Gasteiger charge is 2.05. The Morgan fingerprint density at radius 2 is 2.44 bits per heavy atom. The standard InChI is InChI=1S/C11H16N2O2S/c1-2-16-10-8-9(4-6-12-10)11(15)13-5-3-7-14/h4,6,8,14H,2-3,5,7H2,1H3,(H,13,15). The van der Waals surface area contributed by atoms with Gasteiger partial charge in [0.1, 0.15) is 0 Å². The van der Waals surface area contributed by atoms with Gasteiger partial charge in [0.25, 0.3) is 5.91 Å². The predicted molar refractivity (Wildman–Crippen MR) is 64.7 cm³/mol. The van der Waals surface area contributed by atoms with Crippen LogP contribution in [0.4, 0.5) is 0 Å². The fourth-order valence-electron chi connectivity index (χ4n) is 1.16. The van der Waals surface area contributed by atoms with Crippen molar-refractivity contribution >= 4 is 17.7 Å². The van der Waals surface area contributed by atoms with Gasteiger partial charge < -0.3 is 10.4 Å². The van der Waals surface area contributed by atoms with Crippen LogP contribution >= 0.6 is 11.8 Å². The van der Waals surface area contributed by atoms with E-state index in [1.807, 2.05) is 6.92 Å². The van der Waals surface area contributed by atoms with E-state index in [2.05, 4.69) is 10.3 Å². The van der Waals surface area contributed by atoms with E-state index in [1.165, 1.54) is 0 Å². The molecule has 0 saturated heterocycles. The minimum atomic E-state index is -0.117. The number of thioether (sulfide) groups is 1. The lowest BCUT2D eigenvalue weighted by atomic mass is 10.2. The van der Waals surface area contributed by atoms with E-state index in [4.69, 9.17) is 5.11 Å². The summed E-state index contributed by atoms with van der Waals surface area (Å²) in [7, 11) is 0. The van der Waals surface area contributed by atoms with Gasteiger partial charge in [-0.2, -0.15) is 0 Å². The van der Waals surface area contributed by atoms with E-state index in [-0.39, 0.29) is 12.5 Å². The molecule has 1 aromatic rings. The summed E-state index contributed by atoms with van der Waals surface area (Å²) in [5.41, 5.74) is 0.615. The second-order valence-electron chi connectivity index (χ2n) is 3.15. The smallest absolute Gasteiger partial charge is 0.251 e. The van der Waals surface area contributed by atoms with Crippen LogP contribution in [0, 0.1) is 0 Å². The molecule has 0 fully saturated rings. The van der Waals surface area contributed by atoms with Crippen molar-refractivity contribution < 1.29 is 9.90 Å². The molecular weight excluding hydrogens is 224 g/mol. The van der Waals surface area contributed by atoms with E-state index >= 15 is 0 Å². The Morgan fingerprint density at radius 3 is 3.12 bits per heavy atom. The average Bonchev–Trinajstić information content (AvgIpc) is 2.30. The largest absolute Gasteiger partial charge is 0.396 e. The van der Waals surface area contributed by atoms with Crippen LogP contribution in [0.15, 0.2) is 23.4 Å². The first-order valence-corrected chi connectivity index (χ1v) is 6.24. The summed E-state index contributed by atoms with van der Waals surface area (Å²) < 4.78 is 0. The number of aliphatic hydroxyl groups is 1. The van der Waals surface area contributed by atoms with Gasteiger partial charge in [0, 0.05) is 24.9 Å². The van der Waals surface area contributed by atoms with Crippen LogP contribution in [0.3, 0.4) is 0 Å². The van der Waals surface area contributed by atoms with Crippen LogP contribution < -0.4 is 5.32 Å². The molecule has 0 radical (unpaired) electrons. The van der Waals surface area contributed by atoms with E-state index < -0.39 is 0 Å². The third-order valence-corrected chi connectivity index (χ3v) is 2.72. The van der Waals surface area contributed by atoms with Gasteiger partial charge in [-0.05, 0) is 24.3 Å². The highest BCUT2D eigenvalue weighted by molar-refractivity contribution is 7.99. The van der Waals surface area contributed by atoms with E-state index in [1.54, 1.807) is 30.1 Å². The Morgan fingerprint density at radius 1 is 1.62 bits per heavy atom. The number of aromatic nitrogens is 1. The second kappa shape index (κ2) is 7.24.